The number of nitrogens with zero attached hydrogens (tertiary/aromatic N) is 1. The molecule has 0 heterocycles. The van der Waals surface area contributed by atoms with Gasteiger partial charge in [-0.05, 0) is 26.4 Å². The number of unbranched alkanes of at least 4 members (excludes halogenated alkanes) is 1. The number of carbonyl (C=O) groups is 1. The maximum absolute atomic E-state index is 9.76. The Balaban J connectivity index is 0. The van der Waals surface area contributed by atoms with Gasteiger partial charge < -0.3 is 10.2 Å². The standard InChI is InChI=1S/C6H15NO.C5H10O2/c1-4-7(5-2)6(3)8;1-2-3-4-5(6)7/h6,8H,4-5H2,1-3H3;2-4H2,1H3,(H,6,7). The largest absolute Gasteiger partial charge is 0.481 e. The number of carboxylic acid groups (broad SMARTS) is 1. The Labute approximate surface area is 92.9 Å². The van der Waals surface area contributed by atoms with Gasteiger partial charge in [-0.2, -0.15) is 0 Å². The van der Waals surface area contributed by atoms with Gasteiger partial charge in [0.05, 0.1) is 0 Å². The zero-order valence-corrected chi connectivity index (χ0v) is 10.4. The van der Waals surface area contributed by atoms with Gasteiger partial charge in [-0.15, -0.1) is 0 Å². The zero-order chi connectivity index (χ0) is 12.3. The third kappa shape index (κ3) is 13.4. The predicted octanol–water partition coefficient (Wildman–Crippen LogP) is 1.93. The molecule has 1 unspecified atom stereocenters. The van der Waals surface area contributed by atoms with Crippen LogP contribution in [-0.2, 0) is 4.79 Å². The van der Waals surface area contributed by atoms with Crippen LogP contribution in [0.4, 0.5) is 0 Å². The van der Waals surface area contributed by atoms with E-state index in [-0.39, 0.29) is 6.23 Å². The first-order valence-electron chi connectivity index (χ1n) is 5.63. The molecule has 1 atom stereocenters. The molecule has 0 amide bonds. The van der Waals surface area contributed by atoms with E-state index in [0.29, 0.717) is 6.42 Å². The van der Waals surface area contributed by atoms with Crippen LogP contribution in [0.1, 0.15) is 47.0 Å². The van der Waals surface area contributed by atoms with Gasteiger partial charge in [-0.3, -0.25) is 9.69 Å². The first kappa shape index (κ1) is 16.8. The van der Waals surface area contributed by atoms with Crippen LogP contribution in [-0.4, -0.2) is 40.4 Å². The minimum absolute atomic E-state index is 0.287. The van der Waals surface area contributed by atoms with E-state index in [9.17, 15) is 4.79 Å². The van der Waals surface area contributed by atoms with Gasteiger partial charge in [0, 0.05) is 6.42 Å². The molecule has 0 aliphatic heterocycles. The molecule has 2 N–H and O–H groups in total. The van der Waals surface area contributed by atoms with E-state index in [4.69, 9.17) is 10.2 Å². The van der Waals surface area contributed by atoms with Crippen LogP contribution in [0.15, 0.2) is 0 Å². The molecule has 0 aliphatic rings. The highest BCUT2D eigenvalue weighted by atomic mass is 16.4. The molecule has 4 nitrogen and oxygen atoms in total. The highest BCUT2D eigenvalue weighted by molar-refractivity contribution is 5.66. The Hall–Kier alpha value is -0.610. The van der Waals surface area contributed by atoms with Gasteiger partial charge in [0.1, 0.15) is 6.23 Å². The van der Waals surface area contributed by atoms with Gasteiger partial charge in [0.25, 0.3) is 0 Å². The minimum atomic E-state index is -0.693. The number of aliphatic carboxylic acids is 1. The molecule has 0 radical (unpaired) electrons. The molecule has 0 aromatic carbocycles. The van der Waals surface area contributed by atoms with Crippen molar-refractivity contribution in [1.29, 1.82) is 0 Å². The van der Waals surface area contributed by atoms with Gasteiger partial charge in [0.15, 0.2) is 0 Å². The number of carboxylic acids is 1. The Morgan fingerprint density at radius 3 is 1.80 bits per heavy atom. The maximum Gasteiger partial charge on any atom is 0.303 e. The van der Waals surface area contributed by atoms with E-state index < -0.39 is 5.97 Å². The van der Waals surface area contributed by atoms with Crippen LogP contribution in [0.5, 0.6) is 0 Å². The second kappa shape index (κ2) is 11.5. The summed E-state index contributed by atoms with van der Waals surface area (Å²) < 4.78 is 0. The number of hydrogen-bond donors (Lipinski definition) is 2. The van der Waals surface area contributed by atoms with Gasteiger partial charge in [-0.1, -0.05) is 27.2 Å². The Bertz CT molecular complexity index is 145. The molecule has 0 aromatic heterocycles. The van der Waals surface area contributed by atoms with Crippen molar-refractivity contribution in [3.05, 3.63) is 0 Å². The van der Waals surface area contributed by atoms with E-state index in [2.05, 4.69) is 0 Å². The van der Waals surface area contributed by atoms with Crippen molar-refractivity contribution in [2.45, 2.75) is 53.2 Å². The van der Waals surface area contributed by atoms with Crippen LogP contribution in [0, 0.1) is 0 Å². The van der Waals surface area contributed by atoms with Crippen LogP contribution in [0.3, 0.4) is 0 Å². The summed E-state index contributed by atoms with van der Waals surface area (Å²) in [5.74, 6) is -0.693. The fourth-order valence-corrected chi connectivity index (χ4v) is 1.08. The molecule has 0 fully saturated rings. The Morgan fingerprint density at radius 2 is 1.73 bits per heavy atom. The van der Waals surface area contributed by atoms with Crippen LogP contribution >= 0.6 is 0 Å². The lowest BCUT2D eigenvalue weighted by molar-refractivity contribution is -0.137. The van der Waals surface area contributed by atoms with Crippen LogP contribution in [0.25, 0.3) is 0 Å². The summed E-state index contributed by atoms with van der Waals surface area (Å²) in [5.41, 5.74) is 0. The molecule has 0 saturated carbocycles. The molecule has 0 spiro atoms. The average molecular weight is 219 g/mol. The molecule has 0 bridgehead atoms. The van der Waals surface area contributed by atoms with Crippen molar-refractivity contribution in [2.24, 2.45) is 0 Å². The van der Waals surface area contributed by atoms with E-state index in [0.717, 1.165) is 25.9 Å². The summed E-state index contributed by atoms with van der Waals surface area (Å²) in [7, 11) is 0. The highest BCUT2D eigenvalue weighted by Gasteiger charge is 2.02. The summed E-state index contributed by atoms with van der Waals surface area (Å²) in [4.78, 5) is 11.7. The summed E-state index contributed by atoms with van der Waals surface area (Å²) >= 11 is 0. The lowest BCUT2D eigenvalue weighted by Crippen LogP contribution is -2.32. The maximum atomic E-state index is 9.76. The van der Waals surface area contributed by atoms with Crippen LogP contribution < -0.4 is 0 Å². The van der Waals surface area contributed by atoms with Gasteiger partial charge in [-0.25, -0.2) is 0 Å². The van der Waals surface area contributed by atoms with Crippen molar-refractivity contribution in [3.63, 3.8) is 0 Å². The fraction of sp³-hybridized carbons (Fsp3) is 0.909. The van der Waals surface area contributed by atoms with Crippen molar-refractivity contribution in [1.82, 2.24) is 4.90 Å². The Morgan fingerprint density at radius 1 is 1.27 bits per heavy atom. The highest BCUT2D eigenvalue weighted by Crippen LogP contribution is 1.91. The smallest absolute Gasteiger partial charge is 0.303 e. The van der Waals surface area contributed by atoms with Crippen molar-refractivity contribution in [2.75, 3.05) is 13.1 Å². The second-order valence-electron chi connectivity index (χ2n) is 3.35. The SMILES string of the molecule is CCCCC(=O)O.CCN(CC)C(C)O. The molecule has 4 heteroatoms. The molecule has 0 saturated heterocycles. The summed E-state index contributed by atoms with van der Waals surface area (Å²) in [6, 6.07) is 0. The number of aliphatic hydroxyl groups excluding tert-OH is 1. The summed E-state index contributed by atoms with van der Waals surface area (Å²) in [6.07, 6.45) is 1.79. The molecular formula is C11H25NO3. The monoisotopic (exact) mass is 219 g/mol. The fourth-order valence-electron chi connectivity index (χ4n) is 1.08. The lowest BCUT2D eigenvalue weighted by Gasteiger charge is -2.20. The third-order valence-electron chi connectivity index (χ3n) is 2.09. The second-order valence-corrected chi connectivity index (χ2v) is 3.35. The molecule has 92 valence electrons. The summed E-state index contributed by atoms with van der Waals surface area (Å²) in [6.45, 7) is 9.69. The topological polar surface area (TPSA) is 60.8 Å². The lowest BCUT2D eigenvalue weighted by atomic mass is 10.3. The molecule has 0 rings (SSSR count). The van der Waals surface area contributed by atoms with Crippen LogP contribution in [0.2, 0.25) is 0 Å². The number of aliphatic hydroxyl groups is 1. The van der Waals surface area contributed by atoms with E-state index in [1.807, 2.05) is 25.7 Å². The molecule has 0 aliphatic carbocycles. The predicted molar refractivity (Wildman–Crippen MR) is 61.8 cm³/mol. The number of hydrogen-bond acceptors (Lipinski definition) is 3. The zero-order valence-electron chi connectivity index (χ0n) is 10.4. The molecule has 0 aromatic rings. The first-order valence-corrected chi connectivity index (χ1v) is 5.63. The first-order chi connectivity index (χ1) is 6.99. The minimum Gasteiger partial charge on any atom is -0.481 e. The molecular weight excluding hydrogens is 194 g/mol. The van der Waals surface area contributed by atoms with Crippen molar-refractivity contribution >= 4 is 5.97 Å². The Kier molecular flexibility index (Phi) is 12.8. The normalized spacial score (nSPS) is 11.9. The molecule has 15 heavy (non-hydrogen) atoms. The van der Waals surface area contributed by atoms with E-state index in [1.54, 1.807) is 6.92 Å². The van der Waals surface area contributed by atoms with Crippen molar-refractivity contribution in [3.8, 4) is 0 Å². The quantitative estimate of drug-likeness (QED) is 0.670. The van der Waals surface area contributed by atoms with Gasteiger partial charge >= 0.3 is 5.97 Å². The summed E-state index contributed by atoms with van der Waals surface area (Å²) in [5, 5.41) is 17.0. The van der Waals surface area contributed by atoms with E-state index >= 15 is 0 Å². The van der Waals surface area contributed by atoms with Crippen molar-refractivity contribution < 1.29 is 15.0 Å². The number of rotatable bonds is 6. The third-order valence-corrected chi connectivity index (χ3v) is 2.09. The average Bonchev–Trinajstić information content (AvgIpc) is 2.17. The van der Waals surface area contributed by atoms with E-state index in [1.165, 1.54) is 0 Å². The van der Waals surface area contributed by atoms with Gasteiger partial charge in [0.2, 0.25) is 0 Å².